The van der Waals surface area contributed by atoms with E-state index in [0.717, 1.165) is 47.4 Å². The van der Waals surface area contributed by atoms with Crippen molar-refractivity contribution in [1.29, 1.82) is 0 Å². The lowest BCUT2D eigenvalue weighted by atomic mass is 10.0. The van der Waals surface area contributed by atoms with Crippen molar-refractivity contribution in [2.75, 3.05) is 44.8 Å². The van der Waals surface area contributed by atoms with Crippen LogP contribution < -0.4 is 4.90 Å². The van der Waals surface area contributed by atoms with Gasteiger partial charge >= 0.3 is 0 Å². The molecule has 1 atom stereocenters. The molecule has 134 valence electrons. The molecule has 2 saturated heterocycles. The van der Waals surface area contributed by atoms with Gasteiger partial charge in [-0.25, -0.2) is 0 Å². The summed E-state index contributed by atoms with van der Waals surface area (Å²) in [6.45, 7) is 5.51. The Morgan fingerprint density at radius 3 is 2.64 bits per heavy atom. The summed E-state index contributed by atoms with van der Waals surface area (Å²) < 4.78 is 5.33. The molecular formula is C19H26N4OS. The second-order valence-corrected chi connectivity index (χ2v) is 8.03. The van der Waals surface area contributed by atoms with Gasteiger partial charge in [0.1, 0.15) is 5.01 Å². The van der Waals surface area contributed by atoms with Crippen LogP contribution in [0.15, 0.2) is 30.3 Å². The Morgan fingerprint density at radius 2 is 1.88 bits per heavy atom. The highest BCUT2D eigenvalue weighted by atomic mass is 32.1. The smallest absolute Gasteiger partial charge is 0.208 e. The van der Waals surface area contributed by atoms with Crippen LogP contribution >= 0.6 is 11.3 Å². The van der Waals surface area contributed by atoms with Crippen LogP contribution in [0.1, 0.15) is 19.3 Å². The zero-order valence-electron chi connectivity index (χ0n) is 14.8. The Kier molecular flexibility index (Phi) is 5.29. The SMILES string of the molecule is COCC1CCN(C2CCN(c3nnc(-c4ccccc4)s3)CC2)C1. The van der Waals surface area contributed by atoms with Crippen molar-refractivity contribution in [1.82, 2.24) is 15.1 Å². The number of rotatable bonds is 5. The second-order valence-electron chi connectivity index (χ2n) is 7.08. The largest absolute Gasteiger partial charge is 0.384 e. The minimum absolute atomic E-state index is 0.722. The first-order valence-electron chi connectivity index (χ1n) is 9.20. The van der Waals surface area contributed by atoms with Gasteiger partial charge in [-0.2, -0.15) is 0 Å². The normalized spacial score (nSPS) is 22.6. The number of nitrogens with zero attached hydrogens (tertiary/aromatic N) is 4. The number of anilines is 1. The van der Waals surface area contributed by atoms with E-state index in [4.69, 9.17) is 4.74 Å². The quantitative estimate of drug-likeness (QED) is 0.821. The fourth-order valence-electron chi connectivity index (χ4n) is 4.03. The molecule has 1 aromatic carbocycles. The molecular weight excluding hydrogens is 332 g/mol. The summed E-state index contributed by atoms with van der Waals surface area (Å²) in [6.07, 6.45) is 3.73. The van der Waals surface area contributed by atoms with Crippen molar-refractivity contribution >= 4 is 16.5 Å². The van der Waals surface area contributed by atoms with Crippen LogP contribution in [0.25, 0.3) is 10.6 Å². The molecule has 2 aliphatic heterocycles. The van der Waals surface area contributed by atoms with Gasteiger partial charge in [-0.1, -0.05) is 41.7 Å². The van der Waals surface area contributed by atoms with Gasteiger partial charge in [0.25, 0.3) is 0 Å². The molecule has 2 aromatic rings. The molecule has 3 heterocycles. The lowest BCUT2D eigenvalue weighted by molar-refractivity contribution is 0.142. The second kappa shape index (κ2) is 7.81. The highest BCUT2D eigenvalue weighted by Crippen LogP contribution is 2.31. The maximum Gasteiger partial charge on any atom is 0.208 e. The van der Waals surface area contributed by atoms with E-state index < -0.39 is 0 Å². The Labute approximate surface area is 153 Å². The summed E-state index contributed by atoms with van der Waals surface area (Å²) in [7, 11) is 1.81. The molecule has 6 heteroatoms. The van der Waals surface area contributed by atoms with E-state index >= 15 is 0 Å². The number of benzene rings is 1. The van der Waals surface area contributed by atoms with Crippen LogP contribution in [-0.2, 0) is 4.74 Å². The fourth-order valence-corrected chi connectivity index (χ4v) is 4.93. The number of hydrogen-bond acceptors (Lipinski definition) is 6. The number of methoxy groups -OCH3 is 1. The maximum atomic E-state index is 5.33. The van der Waals surface area contributed by atoms with Gasteiger partial charge in [0.05, 0.1) is 6.61 Å². The average molecular weight is 359 g/mol. The molecule has 0 aliphatic carbocycles. The molecule has 0 spiro atoms. The topological polar surface area (TPSA) is 41.5 Å². The molecule has 25 heavy (non-hydrogen) atoms. The van der Waals surface area contributed by atoms with E-state index in [1.807, 2.05) is 13.2 Å². The summed E-state index contributed by atoms with van der Waals surface area (Å²) in [5, 5.41) is 10.9. The van der Waals surface area contributed by atoms with Crippen LogP contribution in [0.3, 0.4) is 0 Å². The van der Waals surface area contributed by atoms with Gasteiger partial charge in [0, 0.05) is 38.3 Å². The van der Waals surface area contributed by atoms with Gasteiger partial charge in [-0.05, 0) is 31.7 Å². The Bertz CT molecular complexity index is 669. The molecule has 0 radical (unpaired) electrons. The first-order valence-corrected chi connectivity index (χ1v) is 10.0. The predicted octanol–water partition coefficient (Wildman–Crippen LogP) is 3.14. The molecule has 1 aromatic heterocycles. The van der Waals surface area contributed by atoms with Crippen molar-refractivity contribution in [3.05, 3.63) is 30.3 Å². The van der Waals surface area contributed by atoms with Crippen LogP contribution in [0, 0.1) is 5.92 Å². The van der Waals surface area contributed by atoms with Crippen molar-refractivity contribution in [3.63, 3.8) is 0 Å². The minimum atomic E-state index is 0.722. The van der Waals surface area contributed by atoms with Crippen LogP contribution in [0.4, 0.5) is 5.13 Å². The van der Waals surface area contributed by atoms with Crippen LogP contribution in [0.2, 0.25) is 0 Å². The van der Waals surface area contributed by atoms with E-state index in [2.05, 4.69) is 44.3 Å². The maximum absolute atomic E-state index is 5.33. The number of aromatic nitrogens is 2. The monoisotopic (exact) mass is 358 g/mol. The van der Waals surface area contributed by atoms with Gasteiger partial charge in [-0.3, -0.25) is 4.90 Å². The van der Waals surface area contributed by atoms with Gasteiger partial charge in [-0.15, -0.1) is 10.2 Å². The Balaban J connectivity index is 1.33. The first-order chi connectivity index (χ1) is 12.3. The van der Waals surface area contributed by atoms with E-state index in [0.29, 0.717) is 0 Å². The van der Waals surface area contributed by atoms with Crippen molar-refractivity contribution in [2.45, 2.75) is 25.3 Å². The summed E-state index contributed by atoms with van der Waals surface area (Å²) in [5.74, 6) is 0.722. The first kappa shape index (κ1) is 16.9. The van der Waals surface area contributed by atoms with E-state index in [-0.39, 0.29) is 0 Å². The van der Waals surface area contributed by atoms with E-state index in [1.165, 1.54) is 32.4 Å². The zero-order chi connectivity index (χ0) is 17.1. The average Bonchev–Trinajstić information content (AvgIpc) is 3.33. The highest BCUT2D eigenvalue weighted by Gasteiger charge is 2.31. The minimum Gasteiger partial charge on any atom is -0.384 e. The van der Waals surface area contributed by atoms with Crippen LogP contribution in [0.5, 0.6) is 0 Å². The van der Waals surface area contributed by atoms with E-state index in [9.17, 15) is 0 Å². The standard InChI is InChI=1S/C19H26N4OS/c1-24-14-15-7-10-23(13-15)17-8-11-22(12-9-17)19-21-20-18(25-19)16-5-3-2-4-6-16/h2-6,15,17H,7-14H2,1H3. The lowest BCUT2D eigenvalue weighted by Crippen LogP contribution is -2.44. The lowest BCUT2D eigenvalue weighted by Gasteiger charge is -2.36. The summed E-state index contributed by atoms with van der Waals surface area (Å²) in [4.78, 5) is 5.08. The third kappa shape index (κ3) is 3.86. The molecule has 0 bridgehead atoms. The molecule has 4 rings (SSSR count). The zero-order valence-corrected chi connectivity index (χ0v) is 15.6. The molecule has 0 amide bonds. The molecule has 2 fully saturated rings. The van der Waals surface area contributed by atoms with Gasteiger partial charge in [0.2, 0.25) is 5.13 Å². The Morgan fingerprint density at radius 1 is 1.08 bits per heavy atom. The summed E-state index contributed by atoms with van der Waals surface area (Å²) in [5.41, 5.74) is 1.15. The van der Waals surface area contributed by atoms with Crippen molar-refractivity contribution in [2.24, 2.45) is 5.92 Å². The number of likely N-dealkylation sites (tertiary alicyclic amines) is 1. The molecule has 0 saturated carbocycles. The molecule has 1 unspecified atom stereocenters. The Hall–Kier alpha value is -1.50. The predicted molar refractivity (Wildman–Crippen MR) is 102 cm³/mol. The molecule has 0 N–H and O–H groups in total. The summed E-state index contributed by atoms with van der Waals surface area (Å²) >= 11 is 1.71. The number of hydrogen-bond donors (Lipinski definition) is 0. The fraction of sp³-hybridized carbons (Fsp3) is 0.579. The summed E-state index contributed by atoms with van der Waals surface area (Å²) in [6, 6.07) is 11.1. The third-order valence-electron chi connectivity index (χ3n) is 5.41. The molecule has 2 aliphatic rings. The highest BCUT2D eigenvalue weighted by molar-refractivity contribution is 7.18. The molecule has 5 nitrogen and oxygen atoms in total. The number of ether oxygens (including phenoxy) is 1. The van der Waals surface area contributed by atoms with Crippen molar-refractivity contribution < 1.29 is 4.74 Å². The van der Waals surface area contributed by atoms with Crippen LogP contribution in [-0.4, -0.2) is 61.0 Å². The van der Waals surface area contributed by atoms with E-state index in [1.54, 1.807) is 11.3 Å². The van der Waals surface area contributed by atoms with Crippen molar-refractivity contribution in [3.8, 4) is 10.6 Å². The third-order valence-corrected chi connectivity index (χ3v) is 6.44. The van der Waals surface area contributed by atoms with Gasteiger partial charge in [0.15, 0.2) is 0 Å². The van der Waals surface area contributed by atoms with Gasteiger partial charge < -0.3 is 9.64 Å². The number of piperidine rings is 1.